The van der Waals surface area contributed by atoms with Gasteiger partial charge in [0.15, 0.2) is 11.2 Å². The fraction of sp³-hybridized carbons (Fsp3) is 0.333. The van der Waals surface area contributed by atoms with Crippen LogP contribution in [-0.4, -0.2) is 31.1 Å². The molecule has 0 saturated heterocycles. The molecule has 0 unspecified atom stereocenters. The van der Waals surface area contributed by atoms with E-state index >= 15 is 0 Å². The molecule has 0 saturated carbocycles. The third kappa shape index (κ3) is 3.17. The third-order valence-corrected chi connectivity index (χ3v) is 4.18. The van der Waals surface area contributed by atoms with Crippen LogP contribution in [0.15, 0.2) is 46.2 Å². The summed E-state index contributed by atoms with van der Waals surface area (Å²) in [5.74, 6) is -0.375. The topological polar surface area (TPSA) is 90.9 Å². The first-order valence-corrected chi connectivity index (χ1v) is 8.55. The average molecular weight is 355 g/mol. The summed E-state index contributed by atoms with van der Waals surface area (Å²) < 4.78 is 4.11. The number of rotatable bonds is 6. The van der Waals surface area contributed by atoms with E-state index in [0.29, 0.717) is 24.3 Å². The Morgan fingerprint density at radius 2 is 1.85 bits per heavy atom. The maximum absolute atomic E-state index is 12.9. The number of likely N-dealkylation sites (N-methyl/N-ethyl adjacent to an activating group) is 1. The predicted octanol–water partition coefficient (Wildman–Crippen LogP) is 0.564. The van der Waals surface area contributed by atoms with Gasteiger partial charge in [0.1, 0.15) is 6.54 Å². The van der Waals surface area contributed by atoms with E-state index in [9.17, 15) is 14.4 Å². The molecular formula is C18H21N5O3. The number of carbonyl (C=O) groups excluding carboxylic acids is 1. The normalized spacial score (nSPS) is 11.0. The van der Waals surface area contributed by atoms with Gasteiger partial charge in [0.05, 0.1) is 12.9 Å². The average Bonchev–Trinajstić information content (AvgIpc) is 3.07. The Morgan fingerprint density at radius 1 is 1.12 bits per heavy atom. The van der Waals surface area contributed by atoms with E-state index < -0.39 is 11.2 Å². The molecule has 0 aliphatic rings. The van der Waals surface area contributed by atoms with Crippen LogP contribution < -0.4 is 16.6 Å². The number of amides is 1. The zero-order chi connectivity index (χ0) is 18.7. The van der Waals surface area contributed by atoms with Gasteiger partial charge in [-0.1, -0.05) is 30.3 Å². The molecule has 26 heavy (non-hydrogen) atoms. The van der Waals surface area contributed by atoms with Gasteiger partial charge in [-0.05, 0) is 19.4 Å². The molecule has 2 aromatic heterocycles. The standard InChI is InChI=1S/C18H21N5O3/c1-3-19-14(24)11-23-17(25)15-16(20-12-21(15)4-2)22(18(23)26)10-13-8-6-5-7-9-13/h5-9,12H,3-4,10-11H2,1-2H3,(H,19,24). The molecule has 8 nitrogen and oxygen atoms in total. The monoisotopic (exact) mass is 355 g/mol. The number of imidazole rings is 1. The predicted molar refractivity (Wildman–Crippen MR) is 98.2 cm³/mol. The van der Waals surface area contributed by atoms with Crippen LogP contribution in [0.3, 0.4) is 0 Å². The van der Waals surface area contributed by atoms with Crippen molar-refractivity contribution in [2.24, 2.45) is 0 Å². The molecule has 3 rings (SSSR count). The fourth-order valence-electron chi connectivity index (χ4n) is 2.92. The van der Waals surface area contributed by atoms with Gasteiger partial charge in [0.2, 0.25) is 5.91 Å². The number of fused-ring (bicyclic) bond motifs is 1. The molecule has 0 bridgehead atoms. The number of benzene rings is 1. The molecule has 8 heteroatoms. The highest BCUT2D eigenvalue weighted by Gasteiger charge is 2.19. The second-order valence-electron chi connectivity index (χ2n) is 5.90. The molecule has 2 heterocycles. The Balaban J connectivity index is 2.22. The van der Waals surface area contributed by atoms with Gasteiger partial charge < -0.3 is 9.88 Å². The van der Waals surface area contributed by atoms with Crippen molar-refractivity contribution >= 4 is 17.1 Å². The van der Waals surface area contributed by atoms with E-state index in [1.54, 1.807) is 17.8 Å². The lowest BCUT2D eigenvalue weighted by atomic mass is 10.2. The van der Waals surface area contributed by atoms with Gasteiger partial charge in [0.25, 0.3) is 5.56 Å². The lowest BCUT2D eigenvalue weighted by molar-refractivity contribution is -0.121. The number of nitrogens with zero attached hydrogens (tertiary/aromatic N) is 4. The molecule has 0 aliphatic carbocycles. The summed E-state index contributed by atoms with van der Waals surface area (Å²) >= 11 is 0. The highest BCUT2D eigenvalue weighted by molar-refractivity contribution is 5.76. The number of hydrogen-bond donors (Lipinski definition) is 1. The summed E-state index contributed by atoms with van der Waals surface area (Å²) in [6.07, 6.45) is 1.55. The fourth-order valence-corrected chi connectivity index (χ4v) is 2.92. The first kappa shape index (κ1) is 17.7. The van der Waals surface area contributed by atoms with Crippen molar-refractivity contribution in [3.8, 4) is 0 Å². The van der Waals surface area contributed by atoms with Crippen LogP contribution in [0.4, 0.5) is 0 Å². The number of aromatic nitrogens is 4. The van der Waals surface area contributed by atoms with Gasteiger partial charge >= 0.3 is 5.69 Å². The van der Waals surface area contributed by atoms with Crippen molar-refractivity contribution in [2.75, 3.05) is 6.54 Å². The maximum atomic E-state index is 12.9. The van der Waals surface area contributed by atoms with Crippen LogP contribution in [-0.2, 0) is 24.4 Å². The van der Waals surface area contributed by atoms with Crippen molar-refractivity contribution in [3.63, 3.8) is 0 Å². The SMILES string of the molecule is CCNC(=O)Cn1c(=O)c2c(ncn2CC)n(Cc2ccccc2)c1=O. The van der Waals surface area contributed by atoms with Gasteiger partial charge in [-0.15, -0.1) is 0 Å². The van der Waals surface area contributed by atoms with Crippen LogP contribution in [0.1, 0.15) is 19.4 Å². The molecule has 136 valence electrons. The first-order chi connectivity index (χ1) is 12.6. The van der Waals surface area contributed by atoms with Gasteiger partial charge in [0, 0.05) is 13.1 Å². The number of aryl methyl sites for hydroxylation is 1. The molecule has 0 aliphatic heterocycles. The van der Waals surface area contributed by atoms with E-state index in [1.807, 2.05) is 37.3 Å². The van der Waals surface area contributed by atoms with E-state index in [0.717, 1.165) is 10.1 Å². The molecule has 1 amide bonds. The zero-order valence-electron chi connectivity index (χ0n) is 14.8. The molecule has 0 fully saturated rings. The van der Waals surface area contributed by atoms with Crippen molar-refractivity contribution in [3.05, 3.63) is 63.1 Å². The van der Waals surface area contributed by atoms with Gasteiger partial charge in [-0.3, -0.25) is 14.2 Å². The first-order valence-electron chi connectivity index (χ1n) is 8.55. The summed E-state index contributed by atoms with van der Waals surface area (Å²) in [4.78, 5) is 42.0. The Labute approximate surface area is 149 Å². The number of nitrogens with one attached hydrogen (secondary N) is 1. The number of carbonyl (C=O) groups is 1. The Morgan fingerprint density at radius 3 is 2.50 bits per heavy atom. The quantitative estimate of drug-likeness (QED) is 0.700. The molecule has 1 N–H and O–H groups in total. The van der Waals surface area contributed by atoms with E-state index in [2.05, 4.69) is 10.3 Å². The Bertz CT molecular complexity index is 1050. The molecule has 0 radical (unpaired) electrons. The van der Waals surface area contributed by atoms with Crippen LogP contribution in [0, 0.1) is 0 Å². The molecule has 0 atom stereocenters. The third-order valence-electron chi connectivity index (χ3n) is 4.18. The van der Waals surface area contributed by atoms with E-state index in [4.69, 9.17) is 0 Å². The minimum absolute atomic E-state index is 0.270. The summed E-state index contributed by atoms with van der Waals surface area (Å²) in [6, 6.07) is 9.45. The Kier molecular flexibility index (Phi) is 5.01. The largest absolute Gasteiger partial charge is 0.355 e. The van der Waals surface area contributed by atoms with E-state index in [-0.39, 0.29) is 19.0 Å². The molecule has 3 aromatic rings. The van der Waals surface area contributed by atoms with Crippen molar-refractivity contribution < 1.29 is 4.79 Å². The molecule has 1 aromatic carbocycles. The smallest absolute Gasteiger partial charge is 0.333 e. The minimum Gasteiger partial charge on any atom is -0.355 e. The van der Waals surface area contributed by atoms with Crippen molar-refractivity contribution in [2.45, 2.75) is 33.5 Å². The second kappa shape index (κ2) is 7.38. The second-order valence-corrected chi connectivity index (χ2v) is 5.90. The highest BCUT2D eigenvalue weighted by Crippen LogP contribution is 2.09. The maximum Gasteiger partial charge on any atom is 0.333 e. The van der Waals surface area contributed by atoms with Crippen molar-refractivity contribution in [1.82, 2.24) is 24.0 Å². The summed E-state index contributed by atoms with van der Waals surface area (Å²) in [6.45, 7) is 4.60. The highest BCUT2D eigenvalue weighted by atomic mass is 16.2. The molecular weight excluding hydrogens is 334 g/mol. The van der Waals surface area contributed by atoms with Crippen LogP contribution in [0.25, 0.3) is 11.2 Å². The van der Waals surface area contributed by atoms with E-state index in [1.165, 1.54) is 4.57 Å². The Hall–Kier alpha value is -3.16. The number of hydrogen-bond acceptors (Lipinski definition) is 4. The van der Waals surface area contributed by atoms with Crippen LogP contribution in [0.2, 0.25) is 0 Å². The van der Waals surface area contributed by atoms with Crippen molar-refractivity contribution in [1.29, 1.82) is 0 Å². The zero-order valence-corrected chi connectivity index (χ0v) is 14.8. The van der Waals surface area contributed by atoms with Crippen LogP contribution >= 0.6 is 0 Å². The van der Waals surface area contributed by atoms with Gasteiger partial charge in [-0.25, -0.2) is 14.3 Å². The lowest BCUT2D eigenvalue weighted by Crippen LogP contribution is -2.44. The summed E-state index contributed by atoms with van der Waals surface area (Å²) in [5, 5.41) is 2.62. The summed E-state index contributed by atoms with van der Waals surface area (Å²) in [5.41, 5.74) is 0.522. The molecule has 0 spiro atoms. The van der Waals surface area contributed by atoms with Crippen LogP contribution in [0.5, 0.6) is 0 Å². The summed E-state index contributed by atoms with van der Waals surface area (Å²) in [7, 11) is 0. The minimum atomic E-state index is -0.543. The van der Waals surface area contributed by atoms with Gasteiger partial charge in [-0.2, -0.15) is 0 Å². The lowest BCUT2D eigenvalue weighted by Gasteiger charge is -2.12.